The zero-order chi connectivity index (χ0) is 18.3. The SMILES string of the molecule is CC(C)[C@]1(O)C[C@@H]2O[C@]23[C@]2(O[C@H]2CC2C4=C(CC[C@@]23C)C(=O)OC4)[C@@H]1O. The zero-order valence-corrected chi connectivity index (χ0v) is 15.4. The number of carbonyl (C=O) groups is 1. The Hall–Kier alpha value is -0.950. The third kappa shape index (κ3) is 1.35. The molecule has 0 amide bonds. The summed E-state index contributed by atoms with van der Waals surface area (Å²) in [7, 11) is 0. The third-order valence-electron chi connectivity index (χ3n) is 8.83. The second kappa shape index (κ2) is 4.22. The van der Waals surface area contributed by atoms with Crippen LogP contribution < -0.4 is 0 Å². The molecule has 6 rings (SSSR count). The van der Waals surface area contributed by atoms with Crippen molar-refractivity contribution in [3.63, 3.8) is 0 Å². The number of carbonyl (C=O) groups excluding carboxylic acids is 1. The van der Waals surface area contributed by atoms with Crippen LogP contribution in [0.3, 0.4) is 0 Å². The number of rotatable bonds is 1. The van der Waals surface area contributed by atoms with Gasteiger partial charge in [0.05, 0.1) is 17.8 Å². The van der Waals surface area contributed by atoms with E-state index in [0.29, 0.717) is 19.4 Å². The predicted molar refractivity (Wildman–Crippen MR) is 89.1 cm³/mol. The Bertz CT molecular complexity index is 774. The average Bonchev–Trinajstić information content (AvgIpc) is 3.46. The van der Waals surface area contributed by atoms with E-state index in [2.05, 4.69) is 6.92 Å². The summed E-state index contributed by atoms with van der Waals surface area (Å²) in [5.74, 6) is -0.0639. The van der Waals surface area contributed by atoms with Gasteiger partial charge in [0.1, 0.15) is 18.3 Å². The molecule has 0 aromatic carbocycles. The molecule has 142 valence electrons. The first kappa shape index (κ1) is 16.0. The molecule has 3 heterocycles. The molecule has 2 spiro atoms. The van der Waals surface area contributed by atoms with Crippen LogP contribution in [0.15, 0.2) is 11.1 Å². The number of fused-ring (bicyclic) bond motifs is 2. The van der Waals surface area contributed by atoms with E-state index in [1.165, 1.54) is 0 Å². The quantitative estimate of drug-likeness (QED) is 0.536. The standard InChI is InChI=1S/C20H26O6/c1-9(2)18(23)7-14-20(26-14)17(3)5-4-10-11(8-24-15(10)21)12(17)6-13-19(20,25-13)16(18)22/h9,12-14,16,22-23H,4-8H2,1-3H3/t12?,13-,14-,16+,17-,18+,19+,20+/m0/s1. The van der Waals surface area contributed by atoms with Gasteiger partial charge in [0, 0.05) is 17.4 Å². The van der Waals surface area contributed by atoms with Gasteiger partial charge in [0.2, 0.25) is 0 Å². The fraction of sp³-hybridized carbons (Fsp3) is 0.850. The number of cyclic esters (lactones) is 1. The number of aliphatic hydroxyl groups excluding tert-OH is 1. The van der Waals surface area contributed by atoms with Crippen LogP contribution in [-0.2, 0) is 19.0 Å². The molecule has 0 radical (unpaired) electrons. The Morgan fingerprint density at radius 1 is 1.23 bits per heavy atom. The van der Waals surface area contributed by atoms with Crippen molar-refractivity contribution in [2.24, 2.45) is 17.3 Å². The van der Waals surface area contributed by atoms with E-state index in [-0.39, 0.29) is 35.4 Å². The summed E-state index contributed by atoms with van der Waals surface area (Å²) in [6.07, 6.45) is 1.54. The van der Waals surface area contributed by atoms with Crippen molar-refractivity contribution in [1.82, 2.24) is 0 Å². The summed E-state index contributed by atoms with van der Waals surface area (Å²) in [6.45, 7) is 6.50. The van der Waals surface area contributed by atoms with Gasteiger partial charge in [-0.15, -0.1) is 0 Å². The van der Waals surface area contributed by atoms with Gasteiger partial charge in [-0.3, -0.25) is 0 Å². The van der Waals surface area contributed by atoms with Gasteiger partial charge in [-0.05, 0) is 36.7 Å². The van der Waals surface area contributed by atoms with Crippen molar-refractivity contribution >= 4 is 5.97 Å². The topological polar surface area (TPSA) is 91.8 Å². The van der Waals surface area contributed by atoms with Crippen molar-refractivity contribution in [2.75, 3.05) is 6.61 Å². The molecular formula is C20H26O6. The summed E-state index contributed by atoms with van der Waals surface area (Å²) >= 11 is 0. The molecule has 6 nitrogen and oxygen atoms in total. The van der Waals surface area contributed by atoms with Gasteiger partial charge in [-0.25, -0.2) is 4.79 Å². The van der Waals surface area contributed by atoms with Crippen molar-refractivity contribution in [3.05, 3.63) is 11.1 Å². The van der Waals surface area contributed by atoms with Crippen LogP contribution >= 0.6 is 0 Å². The molecule has 4 fully saturated rings. The van der Waals surface area contributed by atoms with Gasteiger partial charge >= 0.3 is 5.97 Å². The van der Waals surface area contributed by atoms with Crippen LogP contribution in [0.1, 0.15) is 46.5 Å². The highest BCUT2D eigenvalue weighted by Gasteiger charge is 2.94. The Morgan fingerprint density at radius 3 is 2.73 bits per heavy atom. The zero-order valence-electron chi connectivity index (χ0n) is 15.4. The Morgan fingerprint density at radius 2 is 2.00 bits per heavy atom. The smallest absolute Gasteiger partial charge is 0.334 e. The number of ether oxygens (including phenoxy) is 3. The lowest BCUT2D eigenvalue weighted by molar-refractivity contribution is -0.179. The largest absolute Gasteiger partial charge is 0.458 e. The van der Waals surface area contributed by atoms with Gasteiger partial charge < -0.3 is 24.4 Å². The fourth-order valence-corrected chi connectivity index (χ4v) is 7.22. The fourth-order valence-electron chi connectivity index (χ4n) is 7.22. The highest BCUT2D eigenvalue weighted by molar-refractivity contribution is 5.92. The summed E-state index contributed by atoms with van der Waals surface area (Å²) in [5.41, 5.74) is -0.787. The van der Waals surface area contributed by atoms with Crippen LogP contribution in [0, 0.1) is 17.3 Å². The minimum atomic E-state index is -1.19. The highest BCUT2D eigenvalue weighted by atomic mass is 16.7. The molecule has 26 heavy (non-hydrogen) atoms. The van der Waals surface area contributed by atoms with E-state index < -0.39 is 22.9 Å². The predicted octanol–water partition coefficient (Wildman–Crippen LogP) is 1.09. The maximum Gasteiger partial charge on any atom is 0.334 e. The summed E-state index contributed by atoms with van der Waals surface area (Å²) < 4.78 is 17.9. The molecule has 8 atom stereocenters. The van der Waals surface area contributed by atoms with Crippen LogP contribution in [0.2, 0.25) is 0 Å². The average molecular weight is 362 g/mol. The van der Waals surface area contributed by atoms with E-state index >= 15 is 0 Å². The highest BCUT2D eigenvalue weighted by Crippen LogP contribution is 2.79. The van der Waals surface area contributed by atoms with E-state index in [4.69, 9.17) is 14.2 Å². The molecule has 2 saturated carbocycles. The minimum absolute atomic E-state index is 0.0778. The molecule has 6 heteroatoms. The molecule has 1 unspecified atom stereocenters. The maximum atomic E-state index is 12.0. The Labute approximate surface area is 152 Å². The first-order chi connectivity index (χ1) is 12.2. The van der Waals surface area contributed by atoms with Crippen molar-refractivity contribution < 1.29 is 29.2 Å². The Kier molecular flexibility index (Phi) is 2.60. The van der Waals surface area contributed by atoms with Crippen LogP contribution in [-0.4, -0.2) is 57.9 Å². The number of hydrogen-bond acceptors (Lipinski definition) is 6. The van der Waals surface area contributed by atoms with E-state index in [1.807, 2.05) is 13.8 Å². The van der Waals surface area contributed by atoms with Crippen LogP contribution in [0.4, 0.5) is 0 Å². The molecule has 3 aliphatic heterocycles. The summed E-state index contributed by atoms with van der Waals surface area (Å²) in [6, 6.07) is 0. The number of hydrogen-bond donors (Lipinski definition) is 2. The van der Waals surface area contributed by atoms with E-state index in [1.54, 1.807) is 0 Å². The van der Waals surface area contributed by atoms with Gasteiger partial charge in [0.15, 0.2) is 5.60 Å². The lowest BCUT2D eigenvalue weighted by Gasteiger charge is -2.55. The molecule has 2 saturated heterocycles. The van der Waals surface area contributed by atoms with Gasteiger partial charge in [-0.2, -0.15) is 0 Å². The number of esters is 1. The molecule has 0 bridgehead atoms. The van der Waals surface area contributed by atoms with Crippen molar-refractivity contribution in [1.29, 1.82) is 0 Å². The molecule has 2 N–H and O–H groups in total. The molecule has 0 aromatic rings. The summed E-state index contributed by atoms with van der Waals surface area (Å²) in [5, 5.41) is 22.5. The minimum Gasteiger partial charge on any atom is -0.458 e. The van der Waals surface area contributed by atoms with Gasteiger partial charge in [0.25, 0.3) is 0 Å². The first-order valence-electron chi connectivity index (χ1n) is 9.87. The van der Waals surface area contributed by atoms with E-state index in [0.717, 1.165) is 24.0 Å². The monoisotopic (exact) mass is 362 g/mol. The molecule has 3 aliphatic carbocycles. The second-order valence-electron chi connectivity index (χ2n) is 9.78. The van der Waals surface area contributed by atoms with Gasteiger partial charge in [-0.1, -0.05) is 20.8 Å². The number of epoxide rings is 2. The first-order valence-corrected chi connectivity index (χ1v) is 9.87. The van der Waals surface area contributed by atoms with Crippen LogP contribution in [0.5, 0.6) is 0 Å². The Balaban J connectivity index is 1.48. The third-order valence-corrected chi connectivity index (χ3v) is 8.83. The van der Waals surface area contributed by atoms with Crippen molar-refractivity contribution in [2.45, 2.75) is 81.6 Å². The molecule has 0 aromatic heterocycles. The van der Waals surface area contributed by atoms with Crippen LogP contribution in [0.25, 0.3) is 0 Å². The maximum absolute atomic E-state index is 12.0. The lowest BCUT2D eigenvalue weighted by atomic mass is 9.46. The van der Waals surface area contributed by atoms with E-state index in [9.17, 15) is 15.0 Å². The molecular weight excluding hydrogens is 336 g/mol. The lowest BCUT2D eigenvalue weighted by Crippen LogP contribution is -2.71. The molecule has 6 aliphatic rings. The number of aliphatic hydroxyl groups is 2. The summed E-state index contributed by atoms with van der Waals surface area (Å²) in [4.78, 5) is 12.0. The normalized spacial score (nSPS) is 59.1. The van der Waals surface area contributed by atoms with Crippen molar-refractivity contribution in [3.8, 4) is 0 Å². The second-order valence-corrected chi connectivity index (χ2v) is 9.78.